The molecule has 1 aliphatic rings. The van der Waals surface area contributed by atoms with Crippen molar-refractivity contribution in [2.75, 3.05) is 23.8 Å². The summed E-state index contributed by atoms with van der Waals surface area (Å²) in [5.41, 5.74) is 8.19. The highest BCUT2D eigenvalue weighted by Gasteiger charge is 2.23. The highest BCUT2D eigenvalue weighted by atomic mass is 16.5. The first-order valence-electron chi connectivity index (χ1n) is 7.05. The highest BCUT2D eigenvalue weighted by molar-refractivity contribution is 5.74. The molecular weight excluding hydrogens is 224 g/mol. The molecule has 0 aliphatic carbocycles. The fourth-order valence-electron chi connectivity index (χ4n) is 2.81. The summed E-state index contributed by atoms with van der Waals surface area (Å²) < 4.78 is 5.59. The van der Waals surface area contributed by atoms with Gasteiger partial charge in [-0.05, 0) is 44.7 Å². The van der Waals surface area contributed by atoms with Gasteiger partial charge >= 0.3 is 0 Å². The average Bonchev–Trinajstić information content (AvgIpc) is 2.41. The van der Waals surface area contributed by atoms with E-state index in [2.05, 4.69) is 17.9 Å². The van der Waals surface area contributed by atoms with Gasteiger partial charge in [-0.3, -0.25) is 0 Å². The summed E-state index contributed by atoms with van der Waals surface area (Å²) in [4.78, 5) is 2.46. The van der Waals surface area contributed by atoms with E-state index in [9.17, 15) is 0 Å². The molecule has 100 valence electrons. The summed E-state index contributed by atoms with van der Waals surface area (Å²) in [6.45, 7) is 6.01. The lowest BCUT2D eigenvalue weighted by atomic mass is 9.99. The molecule has 3 heteroatoms. The number of ether oxygens (including phenoxy) is 1. The lowest BCUT2D eigenvalue weighted by molar-refractivity contribution is 0.342. The first-order valence-corrected chi connectivity index (χ1v) is 7.05. The highest BCUT2D eigenvalue weighted by Crippen LogP contribution is 2.36. The molecule has 18 heavy (non-hydrogen) atoms. The Bertz CT molecular complexity index is 392. The first-order chi connectivity index (χ1) is 8.77. The summed E-state index contributed by atoms with van der Waals surface area (Å²) >= 11 is 0. The third-order valence-corrected chi connectivity index (χ3v) is 3.75. The summed E-state index contributed by atoms with van der Waals surface area (Å²) in [7, 11) is 0. The van der Waals surface area contributed by atoms with Crippen molar-refractivity contribution in [3.8, 4) is 5.75 Å². The van der Waals surface area contributed by atoms with E-state index >= 15 is 0 Å². The zero-order chi connectivity index (χ0) is 13.0. The lowest BCUT2D eigenvalue weighted by Crippen LogP contribution is -2.39. The Hall–Kier alpha value is -1.38. The monoisotopic (exact) mass is 248 g/mol. The van der Waals surface area contributed by atoms with Crippen LogP contribution < -0.4 is 15.4 Å². The number of piperidine rings is 1. The predicted molar refractivity (Wildman–Crippen MR) is 77.3 cm³/mol. The molecule has 1 heterocycles. The second-order valence-electron chi connectivity index (χ2n) is 4.87. The van der Waals surface area contributed by atoms with Crippen LogP contribution in [-0.4, -0.2) is 19.2 Å². The maximum atomic E-state index is 6.25. The van der Waals surface area contributed by atoms with Crippen LogP contribution in [-0.2, 0) is 0 Å². The average molecular weight is 248 g/mol. The molecule has 1 saturated heterocycles. The van der Waals surface area contributed by atoms with Crippen LogP contribution in [0.3, 0.4) is 0 Å². The van der Waals surface area contributed by atoms with E-state index in [0.717, 1.165) is 23.7 Å². The molecule has 1 atom stereocenters. The van der Waals surface area contributed by atoms with E-state index in [0.29, 0.717) is 12.6 Å². The number of benzene rings is 1. The van der Waals surface area contributed by atoms with Crippen LogP contribution in [0.1, 0.15) is 39.5 Å². The van der Waals surface area contributed by atoms with Gasteiger partial charge in [-0.15, -0.1) is 0 Å². The first kappa shape index (κ1) is 13.1. The number of hydrogen-bond acceptors (Lipinski definition) is 3. The van der Waals surface area contributed by atoms with Crippen molar-refractivity contribution in [2.24, 2.45) is 0 Å². The maximum Gasteiger partial charge on any atom is 0.144 e. The number of anilines is 2. The molecule has 1 aromatic rings. The molecule has 0 spiro atoms. The van der Waals surface area contributed by atoms with Crippen LogP contribution in [0.5, 0.6) is 5.75 Å². The van der Waals surface area contributed by atoms with Gasteiger partial charge in [-0.2, -0.15) is 0 Å². The molecule has 1 aromatic carbocycles. The zero-order valence-electron chi connectivity index (χ0n) is 11.5. The van der Waals surface area contributed by atoms with Crippen molar-refractivity contribution in [3.63, 3.8) is 0 Å². The fourth-order valence-corrected chi connectivity index (χ4v) is 2.81. The number of nitrogens with two attached hydrogens (primary N) is 1. The molecule has 0 bridgehead atoms. The van der Waals surface area contributed by atoms with E-state index in [1.807, 2.05) is 19.1 Å². The minimum Gasteiger partial charge on any atom is -0.492 e. The van der Waals surface area contributed by atoms with Gasteiger partial charge in [0.05, 0.1) is 18.0 Å². The number of nitrogens with zero attached hydrogens (tertiary/aromatic N) is 1. The Morgan fingerprint density at radius 2 is 2.17 bits per heavy atom. The van der Waals surface area contributed by atoms with Gasteiger partial charge in [0, 0.05) is 12.6 Å². The van der Waals surface area contributed by atoms with Gasteiger partial charge in [0.2, 0.25) is 0 Å². The number of nitrogen functional groups attached to an aromatic ring is 1. The van der Waals surface area contributed by atoms with E-state index < -0.39 is 0 Å². The van der Waals surface area contributed by atoms with Gasteiger partial charge < -0.3 is 15.4 Å². The molecule has 0 radical (unpaired) electrons. The topological polar surface area (TPSA) is 38.5 Å². The Kier molecular flexibility index (Phi) is 4.34. The molecule has 3 nitrogen and oxygen atoms in total. The van der Waals surface area contributed by atoms with Gasteiger partial charge in [0.25, 0.3) is 0 Å². The third-order valence-electron chi connectivity index (χ3n) is 3.75. The Balaban J connectivity index is 2.28. The van der Waals surface area contributed by atoms with E-state index in [1.54, 1.807) is 0 Å². The summed E-state index contributed by atoms with van der Waals surface area (Å²) in [5.74, 6) is 0.815. The van der Waals surface area contributed by atoms with Crippen molar-refractivity contribution in [3.05, 3.63) is 18.2 Å². The quantitative estimate of drug-likeness (QED) is 0.830. The lowest BCUT2D eigenvalue weighted by Gasteiger charge is -2.38. The van der Waals surface area contributed by atoms with Gasteiger partial charge in [0.1, 0.15) is 5.75 Å². The van der Waals surface area contributed by atoms with Crippen LogP contribution >= 0.6 is 0 Å². The molecule has 1 fully saturated rings. The van der Waals surface area contributed by atoms with Gasteiger partial charge in [-0.1, -0.05) is 13.0 Å². The van der Waals surface area contributed by atoms with Crippen LogP contribution in [0.15, 0.2) is 18.2 Å². The largest absolute Gasteiger partial charge is 0.492 e. The van der Waals surface area contributed by atoms with Crippen LogP contribution in [0.25, 0.3) is 0 Å². The smallest absolute Gasteiger partial charge is 0.144 e. The predicted octanol–water partition coefficient (Wildman–Crippen LogP) is 3.44. The molecule has 1 unspecified atom stereocenters. The van der Waals surface area contributed by atoms with Crippen LogP contribution in [0.4, 0.5) is 11.4 Å². The Morgan fingerprint density at radius 3 is 2.89 bits per heavy atom. The van der Waals surface area contributed by atoms with E-state index in [4.69, 9.17) is 10.5 Å². The minimum atomic E-state index is 0.623. The van der Waals surface area contributed by atoms with Crippen molar-refractivity contribution in [1.29, 1.82) is 0 Å². The SMILES string of the molecule is CCOc1cccc(N2CCCCC2CC)c1N. The molecule has 0 saturated carbocycles. The molecule has 2 rings (SSSR count). The Morgan fingerprint density at radius 1 is 1.33 bits per heavy atom. The van der Waals surface area contributed by atoms with Gasteiger partial charge in [-0.25, -0.2) is 0 Å². The fraction of sp³-hybridized carbons (Fsp3) is 0.600. The van der Waals surface area contributed by atoms with Gasteiger partial charge in [0.15, 0.2) is 0 Å². The molecular formula is C15H24N2O. The van der Waals surface area contributed by atoms with E-state index in [1.165, 1.54) is 25.7 Å². The number of para-hydroxylation sites is 1. The van der Waals surface area contributed by atoms with Crippen LogP contribution in [0.2, 0.25) is 0 Å². The second kappa shape index (κ2) is 5.98. The molecule has 0 aromatic heterocycles. The van der Waals surface area contributed by atoms with Crippen molar-refractivity contribution < 1.29 is 4.74 Å². The number of hydrogen-bond donors (Lipinski definition) is 1. The van der Waals surface area contributed by atoms with Crippen LogP contribution in [0, 0.1) is 0 Å². The standard InChI is InChI=1S/C15H24N2O/c1-3-12-8-5-6-11-17(12)13-9-7-10-14(15(13)16)18-4-2/h7,9-10,12H,3-6,8,11,16H2,1-2H3. The van der Waals surface area contributed by atoms with Crippen molar-refractivity contribution >= 4 is 11.4 Å². The molecule has 0 amide bonds. The summed E-state index contributed by atoms with van der Waals surface area (Å²) in [5, 5.41) is 0. The normalized spacial score (nSPS) is 19.9. The summed E-state index contributed by atoms with van der Waals surface area (Å²) in [6, 6.07) is 6.73. The van der Waals surface area contributed by atoms with E-state index in [-0.39, 0.29) is 0 Å². The Labute approximate surface area is 110 Å². The molecule has 2 N–H and O–H groups in total. The molecule has 1 aliphatic heterocycles. The van der Waals surface area contributed by atoms with Crippen molar-refractivity contribution in [1.82, 2.24) is 0 Å². The maximum absolute atomic E-state index is 6.25. The minimum absolute atomic E-state index is 0.623. The van der Waals surface area contributed by atoms with Crippen molar-refractivity contribution in [2.45, 2.75) is 45.6 Å². The summed E-state index contributed by atoms with van der Waals surface area (Å²) in [6.07, 6.45) is 5.04. The zero-order valence-corrected chi connectivity index (χ0v) is 11.5. The third kappa shape index (κ3) is 2.55. The number of rotatable bonds is 4. The second-order valence-corrected chi connectivity index (χ2v) is 4.87.